The Bertz CT molecular complexity index is 128. The van der Waals surface area contributed by atoms with Crippen molar-refractivity contribution in [1.82, 2.24) is 5.32 Å². The predicted molar refractivity (Wildman–Crippen MR) is 61.1 cm³/mol. The average Bonchev–Trinajstić information content (AvgIpc) is 2.12. The molecule has 0 bridgehead atoms. The SMILES string of the molecule is CC(CCO)CNCC(CN)C(C)C. The van der Waals surface area contributed by atoms with Crippen LogP contribution >= 0.6 is 0 Å². The number of aliphatic hydroxyl groups excluding tert-OH is 1. The van der Waals surface area contributed by atoms with Crippen molar-refractivity contribution in [3.8, 4) is 0 Å². The zero-order valence-electron chi connectivity index (χ0n) is 9.79. The molecule has 3 heteroatoms. The second-order valence-corrected chi connectivity index (χ2v) is 4.52. The maximum atomic E-state index is 8.73. The van der Waals surface area contributed by atoms with Gasteiger partial charge in [0.25, 0.3) is 0 Å². The lowest BCUT2D eigenvalue weighted by atomic mass is 9.96. The Kier molecular flexibility index (Phi) is 8.14. The van der Waals surface area contributed by atoms with Crippen LogP contribution in [0.15, 0.2) is 0 Å². The van der Waals surface area contributed by atoms with Gasteiger partial charge in [0.05, 0.1) is 0 Å². The molecule has 0 aromatic heterocycles. The van der Waals surface area contributed by atoms with Gasteiger partial charge in [0.1, 0.15) is 0 Å². The highest BCUT2D eigenvalue weighted by Gasteiger charge is 2.11. The molecule has 4 N–H and O–H groups in total. The van der Waals surface area contributed by atoms with Crippen LogP contribution in [-0.2, 0) is 0 Å². The number of nitrogens with two attached hydrogens (primary N) is 1. The molecule has 14 heavy (non-hydrogen) atoms. The van der Waals surface area contributed by atoms with Crippen molar-refractivity contribution >= 4 is 0 Å². The van der Waals surface area contributed by atoms with Crippen molar-refractivity contribution in [1.29, 1.82) is 0 Å². The second-order valence-electron chi connectivity index (χ2n) is 4.52. The van der Waals surface area contributed by atoms with Crippen LogP contribution < -0.4 is 11.1 Å². The van der Waals surface area contributed by atoms with Gasteiger partial charge in [-0.25, -0.2) is 0 Å². The molecule has 0 spiro atoms. The van der Waals surface area contributed by atoms with Crippen LogP contribution in [0.25, 0.3) is 0 Å². The molecule has 2 atom stereocenters. The van der Waals surface area contributed by atoms with E-state index >= 15 is 0 Å². The van der Waals surface area contributed by atoms with Crippen LogP contribution in [0.1, 0.15) is 27.2 Å². The van der Waals surface area contributed by atoms with Crippen LogP contribution in [-0.4, -0.2) is 31.3 Å². The molecule has 0 saturated heterocycles. The summed E-state index contributed by atoms with van der Waals surface area (Å²) in [6, 6.07) is 0. The summed E-state index contributed by atoms with van der Waals surface area (Å²) in [4.78, 5) is 0. The van der Waals surface area contributed by atoms with Crippen molar-refractivity contribution in [2.75, 3.05) is 26.2 Å². The van der Waals surface area contributed by atoms with Gasteiger partial charge in [0.15, 0.2) is 0 Å². The van der Waals surface area contributed by atoms with Crippen molar-refractivity contribution in [3.63, 3.8) is 0 Å². The first kappa shape index (κ1) is 13.9. The Morgan fingerprint density at radius 3 is 2.29 bits per heavy atom. The van der Waals surface area contributed by atoms with Gasteiger partial charge in [-0.2, -0.15) is 0 Å². The molecule has 0 radical (unpaired) electrons. The second kappa shape index (κ2) is 8.21. The van der Waals surface area contributed by atoms with Gasteiger partial charge < -0.3 is 16.2 Å². The molecule has 0 aliphatic heterocycles. The molecule has 0 aliphatic carbocycles. The summed E-state index contributed by atoms with van der Waals surface area (Å²) in [7, 11) is 0. The highest BCUT2D eigenvalue weighted by atomic mass is 16.3. The topological polar surface area (TPSA) is 58.3 Å². The quantitative estimate of drug-likeness (QED) is 0.546. The molecular formula is C11H26N2O. The maximum Gasteiger partial charge on any atom is 0.0434 e. The normalized spacial score (nSPS) is 15.9. The minimum absolute atomic E-state index is 0.285. The largest absolute Gasteiger partial charge is 0.396 e. The Morgan fingerprint density at radius 1 is 1.21 bits per heavy atom. The highest BCUT2D eigenvalue weighted by molar-refractivity contribution is 4.67. The molecule has 0 aromatic rings. The molecule has 2 unspecified atom stereocenters. The van der Waals surface area contributed by atoms with E-state index in [4.69, 9.17) is 10.8 Å². The summed E-state index contributed by atoms with van der Waals surface area (Å²) in [5.41, 5.74) is 5.67. The zero-order valence-corrected chi connectivity index (χ0v) is 9.79. The maximum absolute atomic E-state index is 8.73. The van der Waals surface area contributed by atoms with Gasteiger partial charge in [-0.05, 0) is 43.8 Å². The number of nitrogens with one attached hydrogen (secondary N) is 1. The monoisotopic (exact) mass is 202 g/mol. The Hall–Kier alpha value is -0.120. The summed E-state index contributed by atoms with van der Waals surface area (Å²) < 4.78 is 0. The first-order chi connectivity index (χ1) is 6.61. The van der Waals surface area contributed by atoms with E-state index < -0.39 is 0 Å². The summed E-state index contributed by atoms with van der Waals surface area (Å²) in [6.45, 7) is 9.56. The first-order valence-electron chi connectivity index (χ1n) is 5.63. The Labute approximate surface area is 88.1 Å². The van der Waals surface area contributed by atoms with Crippen molar-refractivity contribution < 1.29 is 5.11 Å². The summed E-state index contributed by atoms with van der Waals surface area (Å²) in [5, 5.41) is 12.1. The van der Waals surface area contributed by atoms with Gasteiger partial charge in [0, 0.05) is 6.61 Å². The van der Waals surface area contributed by atoms with E-state index in [1.54, 1.807) is 0 Å². The number of hydrogen-bond donors (Lipinski definition) is 3. The lowest BCUT2D eigenvalue weighted by Crippen LogP contribution is -2.34. The minimum Gasteiger partial charge on any atom is -0.396 e. The van der Waals surface area contributed by atoms with E-state index in [1.807, 2.05) is 0 Å². The molecule has 0 rings (SSSR count). The van der Waals surface area contributed by atoms with Crippen molar-refractivity contribution in [2.24, 2.45) is 23.5 Å². The molecule has 86 valence electrons. The van der Waals surface area contributed by atoms with Gasteiger partial charge >= 0.3 is 0 Å². The van der Waals surface area contributed by atoms with Crippen molar-refractivity contribution in [3.05, 3.63) is 0 Å². The fourth-order valence-electron chi connectivity index (χ4n) is 1.43. The van der Waals surface area contributed by atoms with Gasteiger partial charge in [-0.1, -0.05) is 20.8 Å². The molecule has 0 heterocycles. The van der Waals surface area contributed by atoms with E-state index in [2.05, 4.69) is 26.1 Å². The molecule has 0 fully saturated rings. The fourth-order valence-corrected chi connectivity index (χ4v) is 1.43. The Balaban J connectivity index is 3.50. The third-order valence-electron chi connectivity index (χ3n) is 2.77. The van der Waals surface area contributed by atoms with Crippen LogP contribution in [0.2, 0.25) is 0 Å². The van der Waals surface area contributed by atoms with Crippen LogP contribution in [0.5, 0.6) is 0 Å². The van der Waals surface area contributed by atoms with Gasteiger partial charge in [0.2, 0.25) is 0 Å². The van der Waals surface area contributed by atoms with E-state index in [0.717, 1.165) is 26.1 Å². The van der Waals surface area contributed by atoms with Crippen LogP contribution in [0, 0.1) is 17.8 Å². The standard InChI is InChI=1S/C11H26N2O/c1-9(2)11(6-12)8-13-7-10(3)4-5-14/h9-11,13-14H,4-8,12H2,1-3H3. The fraction of sp³-hybridized carbons (Fsp3) is 1.00. The number of aliphatic hydroxyl groups is 1. The molecule has 3 nitrogen and oxygen atoms in total. The van der Waals surface area contributed by atoms with Crippen LogP contribution in [0.4, 0.5) is 0 Å². The first-order valence-corrected chi connectivity index (χ1v) is 5.63. The predicted octanol–water partition coefficient (Wildman–Crippen LogP) is 0.825. The average molecular weight is 202 g/mol. The van der Waals surface area contributed by atoms with Gasteiger partial charge in [-0.15, -0.1) is 0 Å². The third kappa shape index (κ3) is 6.35. The van der Waals surface area contributed by atoms with E-state index in [1.165, 1.54) is 0 Å². The van der Waals surface area contributed by atoms with E-state index in [9.17, 15) is 0 Å². The lowest BCUT2D eigenvalue weighted by Gasteiger charge is -2.20. The zero-order chi connectivity index (χ0) is 11.0. The van der Waals surface area contributed by atoms with Crippen molar-refractivity contribution in [2.45, 2.75) is 27.2 Å². The third-order valence-corrected chi connectivity index (χ3v) is 2.77. The van der Waals surface area contributed by atoms with Gasteiger partial charge in [-0.3, -0.25) is 0 Å². The Morgan fingerprint density at radius 2 is 1.86 bits per heavy atom. The molecule has 0 amide bonds. The molecule has 0 aliphatic rings. The summed E-state index contributed by atoms with van der Waals surface area (Å²) in [5.74, 6) is 1.75. The smallest absolute Gasteiger partial charge is 0.0434 e. The number of hydrogen-bond acceptors (Lipinski definition) is 3. The summed E-state index contributed by atoms with van der Waals surface area (Å²) in [6.07, 6.45) is 0.877. The lowest BCUT2D eigenvalue weighted by molar-refractivity contribution is 0.257. The number of rotatable bonds is 8. The molecule has 0 saturated carbocycles. The van der Waals surface area contributed by atoms with Crippen LogP contribution in [0.3, 0.4) is 0 Å². The van der Waals surface area contributed by atoms with E-state index in [0.29, 0.717) is 17.8 Å². The minimum atomic E-state index is 0.285. The highest BCUT2D eigenvalue weighted by Crippen LogP contribution is 2.07. The molecule has 0 aromatic carbocycles. The molecular weight excluding hydrogens is 176 g/mol. The van der Waals surface area contributed by atoms with E-state index in [-0.39, 0.29) is 6.61 Å². The summed E-state index contributed by atoms with van der Waals surface area (Å²) >= 11 is 0.